The van der Waals surface area contributed by atoms with Gasteiger partial charge in [0.05, 0.1) is 41.8 Å². The quantitative estimate of drug-likeness (QED) is 0.249. The van der Waals surface area contributed by atoms with Gasteiger partial charge in [-0.1, -0.05) is 19.8 Å². The highest BCUT2D eigenvalue weighted by atomic mass is 19.4. The smallest absolute Gasteiger partial charge is 0.416 e. The molecule has 2 atom stereocenters. The van der Waals surface area contributed by atoms with E-state index in [1.807, 2.05) is 0 Å². The normalized spacial score (nSPS) is 27.2. The first-order valence-corrected chi connectivity index (χ1v) is 11.7. The molecular formula is C30H25F10NO3. The molecule has 0 bridgehead atoms. The molecule has 0 radical (unpaired) electrons. The van der Waals surface area contributed by atoms with E-state index in [0.29, 0.717) is 12.1 Å². The number of benzene rings is 3. The third kappa shape index (κ3) is 6.43. The van der Waals surface area contributed by atoms with Crippen molar-refractivity contribution < 1.29 is 77.4 Å². The fourth-order valence-corrected chi connectivity index (χ4v) is 4.15. The Morgan fingerprint density at radius 3 is 2.09 bits per heavy atom. The minimum Gasteiger partial charge on any atom is -0.496 e. The van der Waals surface area contributed by atoms with E-state index in [0.717, 1.165) is 7.11 Å². The SMILES string of the molecule is [2H]C([2H])(c1cc(C(F)(F)F)ccc1-c1c(OC)ccc(F)c1C([2H])(C([2H])([2H])[2H])C([2H])([2H])[2H])N1C(=O)O[C@]([2H])(c2cc(C(F)(F)F)cc(C(F)(F)F)c2)[C@]1([2H])C([2H])([2H])[2H]. The van der Waals surface area contributed by atoms with Gasteiger partial charge in [0, 0.05) is 24.8 Å². The van der Waals surface area contributed by atoms with Gasteiger partial charge in [0.2, 0.25) is 0 Å². The van der Waals surface area contributed by atoms with Gasteiger partial charge < -0.3 is 9.47 Å². The van der Waals surface area contributed by atoms with Crippen molar-refractivity contribution in [2.24, 2.45) is 0 Å². The van der Waals surface area contributed by atoms with Gasteiger partial charge >= 0.3 is 24.6 Å². The number of ether oxygens (including phenoxy) is 2. The number of halogens is 10. The van der Waals surface area contributed by atoms with Crippen molar-refractivity contribution in [2.75, 3.05) is 7.11 Å². The third-order valence-electron chi connectivity index (χ3n) is 6.10. The Morgan fingerprint density at radius 2 is 1.57 bits per heavy atom. The van der Waals surface area contributed by atoms with Gasteiger partial charge in [0.15, 0.2) is 0 Å². The van der Waals surface area contributed by atoms with Crippen molar-refractivity contribution >= 4 is 6.09 Å². The number of alkyl halides is 9. The fraction of sp³-hybridized carbons (Fsp3) is 0.367. The number of hydrogen-bond donors (Lipinski definition) is 0. The molecule has 0 N–H and O–H groups in total. The second-order valence-corrected chi connectivity index (χ2v) is 8.92. The zero-order valence-corrected chi connectivity index (χ0v) is 21.6. The fourth-order valence-electron chi connectivity index (χ4n) is 4.15. The number of amides is 1. The van der Waals surface area contributed by atoms with E-state index in [-0.39, 0.29) is 30.3 Å². The Labute approximate surface area is 264 Å². The van der Waals surface area contributed by atoms with Crippen molar-refractivity contribution in [1.29, 1.82) is 0 Å². The van der Waals surface area contributed by atoms with Gasteiger partial charge in [-0.3, -0.25) is 4.90 Å². The first-order valence-electron chi connectivity index (χ1n) is 18.7. The Bertz CT molecular complexity index is 2070. The third-order valence-corrected chi connectivity index (χ3v) is 6.10. The maximum atomic E-state index is 15.9. The summed E-state index contributed by atoms with van der Waals surface area (Å²) in [4.78, 5) is 12.7. The van der Waals surface area contributed by atoms with E-state index in [1.165, 1.54) is 0 Å². The van der Waals surface area contributed by atoms with Crippen LogP contribution in [0.2, 0.25) is 0 Å². The molecule has 4 nitrogen and oxygen atoms in total. The second-order valence-electron chi connectivity index (χ2n) is 8.92. The summed E-state index contributed by atoms with van der Waals surface area (Å²) in [5.74, 6) is -6.84. The van der Waals surface area contributed by atoms with Crippen molar-refractivity contribution in [3.8, 4) is 16.9 Å². The summed E-state index contributed by atoms with van der Waals surface area (Å²) in [5.41, 5.74) is -14.2. The highest BCUT2D eigenvalue weighted by Crippen LogP contribution is 2.45. The second kappa shape index (κ2) is 11.5. The molecule has 44 heavy (non-hydrogen) atoms. The average Bonchev–Trinajstić information content (AvgIpc) is 3.27. The number of nitrogens with zero attached hydrogens (tertiary/aromatic N) is 1. The number of carbonyl (C=O) groups is 1. The van der Waals surface area contributed by atoms with Crippen LogP contribution in [0, 0.1) is 5.82 Å². The van der Waals surface area contributed by atoms with Crippen LogP contribution >= 0.6 is 0 Å². The van der Waals surface area contributed by atoms with Crippen LogP contribution in [0.4, 0.5) is 48.7 Å². The standard InChI is InChI=1S/C30H25F10NO3/c1-14(2)24-22(31)7-8-23(43-4)25(24)21-6-5-18(28(32,33)34)11-17(21)13-41-15(3)26(44-27(41)42)16-9-19(29(35,36)37)12-20(10-16)30(38,39)40/h5-12,14-15,26H,13H2,1-4H3/t15-,26-/m0/s1/i1D3,2D3,3D3,13D2,14D,15D,26D. The molecule has 238 valence electrons. The van der Waals surface area contributed by atoms with Crippen LogP contribution in [0.15, 0.2) is 48.5 Å². The van der Waals surface area contributed by atoms with Crippen LogP contribution in [0.5, 0.6) is 5.75 Å². The molecule has 1 fully saturated rings. The Balaban J connectivity index is 2.23. The first-order chi connectivity index (χ1) is 25.7. The summed E-state index contributed by atoms with van der Waals surface area (Å²) in [7, 11) is 0.759. The van der Waals surface area contributed by atoms with Crippen LogP contribution in [0.25, 0.3) is 11.1 Å². The van der Waals surface area contributed by atoms with Crippen LogP contribution in [-0.2, 0) is 29.8 Å². The van der Waals surface area contributed by atoms with Gasteiger partial charge in [-0.15, -0.1) is 0 Å². The van der Waals surface area contributed by atoms with E-state index >= 15 is 4.39 Å². The molecule has 1 aliphatic rings. The molecule has 1 aliphatic heterocycles. The molecule has 0 saturated carbocycles. The molecule has 0 spiro atoms. The summed E-state index contributed by atoms with van der Waals surface area (Å²) in [6, 6.07) is -4.59. The molecule has 4 rings (SSSR count). The summed E-state index contributed by atoms with van der Waals surface area (Å²) in [6.45, 7) is -17.0. The van der Waals surface area contributed by atoms with Crippen LogP contribution in [0.1, 0.15) is 85.1 Å². The van der Waals surface area contributed by atoms with Crippen molar-refractivity contribution in [2.45, 2.75) is 63.6 Å². The largest absolute Gasteiger partial charge is 0.496 e. The minimum atomic E-state index is -5.70. The number of methoxy groups -OCH3 is 1. The lowest BCUT2D eigenvalue weighted by Gasteiger charge is -2.25. The van der Waals surface area contributed by atoms with Crippen LogP contribution < -0.4 is 4.74 Å². The van der Waals surface area contributed by atoms with Crippen molar-refractivity contribution in [1.82, 2.24) is 4.90 Å². The predicted octanol–water partition coefficient (Wildman–Crippen LogP) is 9.76. The summed E-state index contributed by atoms with van der Waals surface area (Å²) in [6.07, 6.45) is -23.8. The van der Waals surface area contributed by atoms with Gasteiger partial charge in [0.25, 0.3) is 0 Å². The zero-order chi connectivity index (χ0) is 45.0. The molecular weight excluding hydrogens is 612 g/mol. The molecule has 0 aromatic heterocycles. The monoisotopic (exact) mass is 651 g/mol. The minimum absolute atomic E-state index is 0.120. The average molecular weight is 652 g/mol. The lowest BCUT2D eigenvalue weighted by molar-refractivity contribution is -0.143. The molecule has 0 aliphatic carbocycles. The summed E-state index contributed by atoms with van der Waals surface area (Å²) < 4.78 is 268. The number of carbonyl (C=O) groups excluding carboxylic acids is 1. The lowest BCUT2D eigenvalue weighted by Crippen LogP contribution is -2.32. The first kappa shape index (κ1) is 18.7. The van der Waals surface area contributed by atoms with Crippen LogP contribution in [-0.4, -0.2) is 24.1 Å². The maximum Gasteiger partial charge on any atom is 0.416 e. The highest BCUT2D eigenvalue weighted by molar-refractivity contribution is 5.79. The van der Waals surface area contributed by atoms with E-state index in [9.17, 15) is 44.3 Å². The molecule has 1 amide bonds. The van der Waals surface area contributed by atoms with Gasteiger partial charge in [-0.05, 0) is 71.9 Å². The highest BCUT2D eigenvalue weighted by Gasteiger charge is 2.44. The van der Waals surface area contributed by atoms with Crippen molar-refractivity contribution in [3.05, 3.63) is 87.7 Å². The number of rotatable bonds is 6. The predicted molar refractivity (Wildman–Crippen MR) is 138 cm³/mol. The summed E-state index contributed by atoms with van der Waals surface area (Å²) in [5, 5.41) is 0. The van der Waals surface area contributed by atoms with E-state index in [2.05, 4.69) is 4.74 Å². The lowest BCUT2D eigenvalue weighted by atomic mass is 9.88. The number of cyclic esters (lactones) is 1. The molecule has 3 aromatic carbocycles. The zero-order valence-electron chi connectivity index (χ0n) is 35.6. The van der Waals surface area contributed by atoms with Gasteiger partial charge in [-0.2, -0.15) is 39.5 Å². The Hall–Kier alpha value is -3.97. The Kier molecular flexibility index (Phi) is 4.90. The molecule has 3 aromatic rings. The number of hydrogen-bond acceptors (Lipinski definition) is 3. The van der Waals surface area contributed by atoms with E-state index in [4.69, 9.17) is 23.9 Å². The van der Waals surface area contributed by atoms with Gasteiger partial charge in [-0.25, -0.2) is 9.18 Å². The van der Waals surface area contributed by atoms with Gasteiger partial charge in [0.1, 0.15) is 17.6 Å². The molecule has 1 heterocycles. The van der Waals surface area contributed by atoms with Crippen LogP contribution in [0.3, 0.4) is 0 Å². The summed E-state index contributed by atoms with van der Waals surface area (Å²) >= 11 is 0. The maximum absolute atomic E-state index is 15.9. The molecule has 14 heteroatoms. The Morgan fingerprint density at radius 1 is 0.955 bits per heavy atom. The van der Waals surface area contributed by atoms with E-state index < -0.39 is 137 Å². The molecule has 0 unspecified atom stereocenters. The van der Waals surface area contributed by atoms with E-state index in [1.54, 1.807) is 0 Å². The topological polar surface area (TPSA) is 38.8 Å². The molecule has 1 saturated heterocycles. The van der Waals surface area contributed by atoms with Crippen molar-refractivity contribution in [3.63, 3.8) is 0 Å².